The van der Waals surface area contributed by atoms with Crippen molar-refractivity contribution >= 4 is 55.7 Å². The molecule has 3 heterocycles. The van der Waals surface area contributed by atoms with E-state index in [9.17, 15) is 0 Å². The van der Waals surface area contributed by atoms with Gasteiger partial charge in [0.1, 0.15) is 34.2 Å². The minimum atomic E-state index is -2.32. The normalized spacial score (nSPS) is 17.3. The first-order valence-electron chi connectivity index (χ1n) is 11.5. The van der Waals surface area contributed by atoms with Crippen LogP contribution in [0.2, 0.25) is 0 Å². The quantitative estimate of drug-likeness (QED) is 0.228. The highest BCUT2D eigenvalue weighted by atomic mass is 32.4. The molecule has 2 aliphatic rings. The third-order valence-corrected chi connectivity index (χ3v) is 11.8. The molecule has 0 fully saturated rings. The van der Waals surface area contributed by atoms with Gasteiger partial charge in [-0.2, -0.15) is 0 Å². The van der Waals surface area contributed by atoms with Gasteiger partial charge in [-0.1, -0.05) is 60.3 Å². The number of hydrogen-bond acceptors (Lipinski definition) is 4. The SMILES string of the molecule is S=P12c3ccccc3Oc3cccc(c31)Oc1cc(-c3ccc4c(c3)oc3ccccc34)ccc12. The van der Waals surface area contributed by atoms with E-state index in [1.807, 2.05) is 54.6 Å². The molecule has 2 aliphatic heterocycles. The maximum Gasteiger partial charge on any atom is 0.140 e. The summed E-state index contributed by atoms with van der Waals surface area (Å²) in [5.74, 6) is 3.25. The van der Waals surface area contributed by atoms with E-state index < -0.39 is 6.04 Å². The van der Waals surface area contributed by atoms with Gasteiger partial charge in [0.15, 0.2) is 0 Å². The first kappa shape index (κ1) is 19.5. The van der Waals surface area contributed by atoms with Crippen LogP contribution in [0.5, 0.6) is 23.0 Å². The van der Waals surface area contributed by atoms with Crippen molar-refractivity contribution in [2.45, 2.75) is 0 Å². The summed E-state index contributed by atoms with van der Waals surface area (Å²) in [4.78, 5) is 0. The first-order chi connectivity index (χ1) is 17.2. The molecule has 0 saturated heterocycles. The van der Waals surface area contributed by atoms with Crippen molar-refractivity contribution in [1.29, 1.82) is 0 Å². The number of rotatable bonds is 1. The Kier molecular flexibility index (Phi) is 3.81. The highest BCUT2D eigenvalue weighted by Crippen LogP contribution is 2.58. The van der Waals surface area contributed by atoms with E-state index in [1.54, 1.807) is 0 Å². The molecule has 35 heavy (non-hydrogen) atoms. The number of furan rings is 1. The molecule has 0 saturated carbocycles. The summed E-state index contributed by atoms with van der Waals surface area (Å²) in [7, 11) is 0. The summed E-state index contributed by atoms with van der Waals surface area (Å²) >= 11 is 6.55. The molecule has 1 atom stereocenters. The summed E-state index contributed by atoms with van der Waals surface area (Å²) in [5, 5.41) is 5.41. The van der Waals surface area contributed by atoms with Crippen LogP contribution in [0.4, 0.5) is 0 Å². The lowest BCUT2D eigenvalue weighted by molar-refractivity contribution is 0.466. The predicted octanol–water partition coefficient (Wildman–Crippen LogP) is 7.22. The summed E-state index contributed by atoms with van der Waals surface area (Å²) in [6.07, 6.45) is 0. The maximum atomic E-state index is 6.55. The van der Waals surface area contributed by atoms with Crippen LogP contribution in [0.25, 0.3) is 33.1 Å². The molecule has 0 bridgehead atoms. The van der Waals surface area contributed by atoms with E-state index in [0.717, 1.165) is 72.0 Å². The molecule has 0 radical (unpaired) electrons. The summed E-state index contributed by atoms with van der Waals surface area (Å²) in [6.45, 7) is 0. The zero-order valence-electron chi connectivity index (χ0n) is 18.4. The second kappa shape index (κ2) is 6.85. The Labute approximate surface area is 206 Å². The topological polar surface area (TPSA) is 31.6 Å². The largest absolute Gasteiger partial charge is 0.456 e. The van der Waals surface area contributed by atoms with Gasteiger partial charge in [-0.15, -0.1) is 0 Å². The number of benzene rings is 5. The van der Waals surface area contributed by atoms with Crippen molar-refractivity contribution in [3.63, 3.8) is 0 Å². The Bertz CT molecular complexity index is 1900. The second-order valence-electron chi connectivity index (χ2n) is 8.88. The van der Waals surface area contributed by atoms with E-state index in [2.05, 4.69) is 48.5 Å². The van der Waals surface area contributed by atoms with Gasteiger partial charge in [-0.3, -0.25) is 0 Å². The van der Waals surface area contributed by atoms with Gasteiger partial charge < -0.3 is 13.9 Å². The van der Waals surface area contributed by atoms with E-state index in [1.165, 1.54) is 0 Å². The van der Waals surface area contributed by atoms with Crippen molar-refractivity contribution in [2.75, 3.05) is 0 Å². The molecule has 5 aromatic carbocycles. The van der Waals surface area contributed by atoms with Crippen molar-refractivity contribution in [1.82, 2.24) is 0 Å². The van der Waals surface area contributed by atoms with Crippen LogP contribution < -0.4 is 25.4 Å². The van der Waals surface area contributed by atoms with E-state index >= 15 is 0 Å². The van der Waals surface area contributed by atoms with Crippen LogP contribution in [-0.2, 0) is 11.8 Å². The van der Waals surface area contributed by atoms with Gasteiger partial charge in [0.2, 0.25) is 0 Å². The highest BCUT2D eigenvalue weighted by Gasteiger charge is 2.42. The third kappa shape index (κ3) is 2.58. The van der Waals surface area contributed by atoms with Crippen molar-refractivity contribution in [2.24, 2.45) is 0 Å². The average Bonchev–Trinajstić information content (AvgIpc) is 3.26. The Hall–Kier alpha value is -3.85. The molecule has 3 nitrogen and oxygen atoms in total. The lowest BCUT2D eigenvalue weighted by Crippen LogP contribution is -2.34. The number of para-hydroxylation sites is 2. The summed E-state index contributed by atoms with van der Waals surface area (Å²) in [5.41, 5.74) is 3.92. The zero-order chi connectivity index (χ0) is 23.1. The molecule has 0 aliphatic carbocycles. The summed E-state index contributed by atoms with van der Waals surface area (Å²) < 4.78 is 18.8. The van der Waals surface area contributed by atoms with Crippen molar-refractivity contribution in [3.05, 3.63) is 103 Å². The van der Waals surface area contributed by atoms with Crippen LogP contribution in [-0.4, -0.2) is 0 Å². The molecule has 6 aromatic rings. The Balaban J connectivity index is 1.33. The lowest BCUT2D eigenvalue weighted by Gasteiger charge is -2.37. The molecule has 0 N–H and O–H groups in total. The van der Waals surface area contributed by atoms with Gasteiger partial charge in [0, 0.05) is 21.4 Å². The van der Waals surface area contributed by atoms with Gasteiger partial charge >= 0.3 is 0 Å². The minimum Gasteiger partial charge on any atom is -0.456 e. The molecule has 1 unspecified atom stereocenters. The Morgan fingerprint density at radius 3 is 2.09 bits per heavy atom. The maximum absolute atomic E-state index is 6.55. The zero-order valence-corrected chi connectivity index (χ0v) is 20.1. The first-order valence-corrected chi connectivity index (χ1v) is 14.3. The Morgan fingerprint density at radius 2 is 1.17 bits per heavy atom. The molecule has 0 spiro atoms. The number of fused-ring (bicyclic) bond motifs is 7. The molecule has 166 valence electrons. The van der Waals surface area contributed by atoms with Crippen LogP contribution in [0.1, 0.15) is 0 Å². The fraction of sp³-hybridized carbons (Fsp3) is 0. The standard InChI is InChI=1S/C30H17O3PS/c35-34-28-11-4-3-8-23(28)32-24-9-5-10-25(30(24)34)33-27-17-19(13-15-29(27)34)18-12-14-21-20-6-1-2-7-22(20)31-26(21)16-18/h1-17H. The Morgan fingerprint density at radius 1 is 0.514 bits per heavy atom. The van der Waals surface area contributed by atoms with E-state index in [4.69, 9.17) is 25.7 Å². The highest BCUT2D eigenvalue weighted by molar-refractivity contribution is 8.26. The monoisotopic (exact) mass is 488 g/mol. The number of ether oxygens (including phenoxy) is 2. The molecule has 8 rings (SSSR count). The lowest BCUT2D eigenvalue weighted by atomic mass is 10.0. The fourth-order valence-electron chi connectivity index (χ4n) is 5.33. The van der Waals surface area contributed by atoms with Crippen LogP contribution in [0, 0.1) is 0 Å². The third-order valence-electron chi connectivity index (χ3n) is 6.93. The van der Waals surface area contributed by atoms with Crippen molar-refractivity contribution < 1.29 is 13.9 Å². The van der Waals surface area contributed by atoms with Gasteiger partial charge in [-0.05, 0) is 65.7 Å². The molecule has 5 heteroatoms. The van der Waals surface area contributed by atoms with Crippen molar-refractivity contribution in [3.8, 4) is 34.1 Å². The minimum absolute atomic E-state index is 0.790. The van der Waals surface area contributed by atoms with Crippen LogP contribution >= 0.6 is 6.04 Å². The molecule has 0 amide bonds. The molecular formula is C30H17O3PS. The van der Waals surface area contributed by atoms with Gasteiger partial charge in [0.25, 0.3) is 0 Å². The number of hydrogen-bond donors (Lipinski definition) is 0. The smallest absolute Gasteiger partial charge is 0.140 e. The van der Waals surface area contributed by atoms with Gasteiger partial charge in [0.05, 0.1) is 11.3 Å². The molecular weight excluding hydrogens is 471 g/mol. The van der Waals surface area contributed by atoms with E-state index in [0.29, 0.717) is 0 Å². The van der Waals surface area contributed by atoms with Crippen LogP contribution in [0.15, 0.2) is 108 Å². The van der Waals surface area contributed by atoms with Crippen LogP contribution in [0.3, 0.4) is 0 Å². The predicted molar refractivity (Wildman–Crippen MR) is 145 cm³/mol. The average molecular weight is 489 g/mol. The molecule has 1 aromatic heterocycles. The fourth-order valence-corrected chi connectivity index (χ4v) is 9.81. The van der Waals surface area contributed by atoms with E-state index in [-0.39, 0.29) is 0 Å². The summed E-state index contributed by atoms with van der Waals surface area (Å²) in [6, 6.07) is 32.7. The van der Waals surface area contributed by atoms with Gasteiger partial charge in [-0.25, -0.2) is 0 Å². The second-order valence-corrected chi connectivity index (χ2v) is 13.1.